The molecular formula is C33H41Cl2N3O6S. The summed E-state index contributed by atoms with van der Waals surface area (Å²) in [6.45, 7) is 10.3. The van der Waals surface area contributed by atoms with E-state index in [4.69, 9.17) is 32.7 Å². The number of hydrogen-bond donors (Lipinski definition) is 1. The van der Waals surface area contributed by atoms with Crippen molar-refractivity contribution >= 4 is 50.7 Å². The molecule has 0 radical (unpaired) electrons. The minimum absolute atomic E-state index is 0.106. The van der Waals surface area contributed by atoms with Crippen molar-refractivity contribution in [3.05, 3.63) is 81.3 Å². The summed E-state index contributed by atoms with van der Waals surface area (Å²) < 4.78 is 40.4. The van der Waals surface area contributed by atoms with Gasteiger partial charge < -0.3 is 19.7 Å². The van der Waals surface area contributed by atoms with Gasteiger partial charge in [-0.2, -0.15) is 0 Å². The highest BCUT2D eigenvalue weighted by atomic mass is 35.5. The molecule has 0 aliphatic rings. The number of ether oxygens (including phenoxy) is 2. The number of sulfonamides is 1. The number of halogens is 2. The predicted molar refractivity (Wildman–Crippen MR) is 179 cm³/mol. The van der Waals surface area contributed by atoms with Gasteiger partial charge in [0.25, 0.3) is 10.0 Å². The van der Waals surface area contributed by atoms with Crippen molar-refractivity contribution in [3.8, 4) is 11.5 Å². The third-order valence-electron chi connectivity index (χ3n) is 6.99. The van der Waals surface area contributed by atoms with Crippen molar-refractivity contribution in [1.82, 2.24) is 10.2 Å². The van der Waals surface area contributed by atoms with Gasteiger partial charge in [-0.05, 0) is 88.6 Å². The molecule has 0 saturated carbocycles. The molecule has 0 aromatic heterocycles. The number of benzene rings is 3. The van der Waals surface area contributed by atoms with Crippen LogP contribution in [0.4, 0.5) is 5.69 Å². The molecule has 0 unspecified atom stereocenters. The van der Waals surface area contributed by atoms with Crippen LogP contribution in [0.3, 0.4) is 0 Å². The van der Waals surface area contributed by atoms with Crippen molar-refractivity contribution in [2.75, 3.05) is 25.1 Å². The summed E-state index contributed by atoms with van der Waals surface area (Å²) in [5, 5.41) is 3.57. The summed E-state index contributed by atoms with van der Waals surface area (Å²) in [6.07, 6.45) is 0.252. The Morgan fingerprint density at radius 2 is 1.49 bits per heavy atom. The molecular weight excluding hydrogens is 637 g/mol. The van der Waals surface area contributed by atoms with E-state index in [1.807, 2.05) is 40.7 Å². The highest BCUT2D eigenvalue weighted by Gasteiger charge is 2.35. The number of amides is 2. The van der Waals surface area contributed by atoms with E-state index in [1.54, 1.807) is 37.3 Å². The van der Waals surface area contributed by atoms with Gasteiger partial charge in [0.05, 0.1) is 24.8 Å². The number of carbonyl (C=O) groups excluding carboxylic acids is 2. The molecule has 244 valence electrons. The minimum atomic E-state index is -4.35. The maximum absolute atomic E-state index is 14.4. The summed E-state index contributed by atoms with van der Waals surface area (Å²) in [5.41, 5.74) is 1.76. The maximum atomic E-state index is 14.4. The Hall–Kier alpha value is -3.47. The van der Waals surface area contributed by atoms with Crippen LogP contribution in [0.1, 0.15) is 50.8 Å². The lowest BCUT2D eigenvalue weighted by Gasteiger charge is -2.35. The highest BCUT2D eigenvalue weighted by molar-refractivity contribution is 7.92. The average molecular weight is 679 g/mol. The molecule has 45 heavy (non-hydrogen) atoms. The Balaban J connectivity index is 2.19. The first kappa shape index (κ1) is 36.0. The highest BCUT2D eigenvalue weighted by Crippen LogP contribution is 2.33. The van der Waals surface area contributed by atoms with Gasteiger partial charge in [0.1, 0.15) is 12.6 Å². The van der Waals surface area contributed by atoms with Crippen LogP contribution in [0.5, 0.6) is 11.5 Å². The van der Waals surface area contributed by atoms with Gasteiger partial charge >= 0.3 is 0 Å². The SMILES string of the molecule is CC[C@@H](C(=O)NC(C)(C)C)N(Cc1c(Cl)cccc1Cl)C(=O)CN(c1cc(C)cc(C)c1)S(=O)(=O)c1ccc(OC)c(OC)c1. The van der Waals surface area contributed by atoms with E-state index in [2.05, 4.69) is 5.32 Å². The third kappa shape index (κ3) is 8.83. The van der Waals surface area contributed by atoms with E-state index < -0.39 is 34.1 Å². The molecule has 3 rings (SSSR count). The Morgan fingerprint density at radius 3 is 2.00 bits per heavy atom. The minimum Gasteiger partial charge on any atom is -0.493 e. The molecule has 3 aromatic carbocycles. The van der Waals surface area contributed by atoms with Crippen molar-refractivity contribution in [1.29, 1.82) is 0 Å². The normalized spacial score (nSPS) is 12.3. The fourth-order valence-corrected chi connectivity index (χ4v) is 6.88. The second-order valence-corrected chi connectivity index (χ2v) is 14.4. The molecule has 1 N–H and O–H groups in total. The number of nitrogens with zero attached hydrogens (tertiary/aromatic N) is 2. The van der Waals surface area contributed by atoms with Gasteiger partial charge in [0.2, 0.25) is 11.8 Å². The van der Waals surface area contributed by atoms with E-state index in [9.17, 15) is 18.0 Å². The number of rotatable bonds is 12. The third-order valence-corrected chi connectivity index (χ3v) is 9.47. The molecule has 0 spiro atoms. The molecule has 0 aliphatic carbocycles. The van der Waals surface area contributed by atoms with E-state index in [1.165, 1.54) is 37.3 Å². The van der Waals surface area contributed by atoms with Crippen molar-refractivity contribution in [2.45, 2.75) is 71.0 Å². The molecule has 0 fully saturated rings. The second-order valence-electron chi connectivity index (χ2n) is 11.8. The Kier molecular flexibility index (Phi) is 11.8. The standard InChI is InChI=1S/C33H41Cl2N3O6S/c1-9-28(32(40)36-33(4,5)6)37(19-25-26(34)11-10-12-27(25)35)31(39)20-38(23-16-21(2)15-22(3)17-23)45(41,42)24-13-14-29(43-7)30(18-24)44-8/h10-18,28H,9,19-20H2,1-8H3,(H,36,40)/t28-/m0/s1. The Bertz CT molecular complexity index is 1620. The van der Waals surface area contributed by atoms with Crippen molar-refractivity contribution in [2.24, 2.45) is 0 Å². The lowest BCUT2D eigenvalue weighted by Crippen LogP contribution is -2.55. The Labute approximate surface area is 276 Å². The number of nitrogens with one attached hydrogen (secondary N) is 1. The fourth-order valence-electron chi connectivity index (χ4n) is 4.95. The zero-order chi connectivity index (χ0) is 33.7. The summed E-state index contributed by atoms with van der Waals surface area (Å²) in [5.74, 6) is -0.443. The monoisotopic (exact) mass is 677 g/mol. The number of aryl methyl sites for hydroxylation is 2. The van der Waals surface area contributed by atoms with E-state index in [0.29, 0.717) is 27.0 Å². The van der Waals surface area contributed by atoms with Crippen LogP contribution in [-0.2, 0) is 26.2 Å². The molecule has 9 nitrogen and oxygen atoms in total. The molecule has 12 heteroatoms. The summed E-state index contributed by atoms with van der Waals surface area (Å²) in [7, 11) is -1.49. The molecule has 2 amide bonds. The van der Waals surface area contributed by atoms with E-state index >= 15 is 0 Å². The summed E-state index contributed by atoms with van der Waals surface area (Å²) in [6, 6.07) is 13.5. The van der Waals surface area contributed by atoms with Gasteiger partial charge in [-0.3, -0.25) is 13.9 Å². The zero-order valence-corrected chi connectivity index (χ0v) is 29.2. The van der Waals surface area contributed by atoms with Gasteiger partial charge in [0, 0.05) is 33.8 Å². The van der Waals surface area contributed by atoms with Crippen LogP contribution in [0.15, 0.2) is 59.5 Å². The quantitative estimate of drug-likeness (QED) is 0.233. The average Bonchev–Trinajstić information content (AvgIpc) is 2.95. The maximum Gasteiger partial charge on any atom is 0.264 e. The first-order valence-electron chi connectivity index (χ1n) is 14.4. The lowest BCUT2D eigenvalue weighted by atomic mass is 10.1. The number of methoxy groups -OCH3 is 2. The van der Waals surface area contributed by atoms with Gasteiger partial charge in [-0.25, -0.2) is 8.42 Å². The predicted octanol–water partition coefficient (Wildman–Crippen LogP) is 6.54. The second kappa shape index (κ2) is 14.7. The first-order valence-corrected chi connectivity index (χ1v) is 16.6. The molecule has 3 aromatic rings. The van der Waals surface area contributed by atoms with Crippen LogP contribution in [0.25, 0.3) is 0 Å². The van der Waals surface area contributed by atoms with Crippen LogP contribution < -0.4 is 19.1 Å². The molecule has 1 atom stereocenters. The smallest absolute Gasteiger partial charge is 0.264 e. The van der Waals surface area contributed by atoms with Gasteiger partial charge in [-0.1, -0.05) is 42.3 Å². The zero-order valence-electron chi connectivity index (χ0n) is 26.9. The number of carbonyl (C=O) groups is 2. The largest absolute Gasteiger partial charge is 0.493 e. The van der Waals surface area contributed by atoms with Crippen LogP contribution >= 0.6 is 23.2 Å². The van der Waals surface area contributed by atoms with Crippen LogP contribution in [0, 0.1) is 13.8 Å². The topological polar surface area (TPSA) is 105 Å². The molecule has 0 saturated heterocycles. The Morgan fingerprint density at radius 1 is 0.911 bits per heavy atom. The summed E-state index contributed by atoms with van der Waals surface area (Å²) in [4.78, 5) is 29.2. The van der Waals surface area contributed by atoms with Gasteiger partial charge in [-0.15, -0.1) is 0 Å². The fraction of sp³-hybridized carbons (Fsp3) is 0.394. The first-order chi connectivity index (χ1) is 21.0. The van der Waals surface area contributed by atoms with E-state index in [-0.39, 0.29) is 29.5 Å². The number of anilines is 1. The summed E-state index contributed by atoms with van der Waals surface area (Å²) >= 11 is 13.0. The van der Waals surface area contributed by atoms with Crippen molar-refractivity contribution in [3.63, 3.8) is 0 Å². The molecule has 0 aliphatic heterocycles. The van der Waals surface area contributed by atoms with Crippen LogP contribution in [-0.4, -0.2) is 57.5 Å². The van der Waals surface area contributed by atoms with Crippen molar-refractivity contribution < 1.29 is 27.5 Å². The number of hydrogen-bond acceptors (Lipinski definition) is 6. The van der Waals surface area contributed by atoms with E-state index in [0.717, 1.165) is 15.4 Å². The molecule has 0 heterocycles. The lowest BCUT2D eigenvalue weighted by molar-refractivity contribution is -0.141. The van der Waals surface area contributed by atoms with Crippen LogP contribution in [0.2, 0.25) is 10.0 Å². The van der Waals surface area contributed by atoms with Gasteiger partial charge in [0.15, 0.2) is 11.5 Å². The molecule has 0 bridgehead atoms.